The lowest BCUT2D eigenvalue weighted by molar-refractivity contribution is 0.545. The second kappa shape index (κ2) is 7.11. The van der Waals surface area contributed by atoms with Crippen LogP contribution >= 0.6 is 0 Å². The van der Waals surface area contributed by atoms with Gasteiger partial charge in [-0.25, -0.2) is 0 Å². The Hall–Kier alpha value is 0. The molecule has 1 atom stereocenters. The summed E-state index contributed by atoms with van der Waals surface area (Å²) in [5, 5.41) is 0. The summed E-state index contributed by atoms with van der Waals surface area (Å²) in [5.41, 5.74) is 0. The largest absolute Gasteiger partial charge is 0.0654 e. The van der Waals surface area contributed by atoms with E-state index in [4.69, 9.17) is 0 Å². The van der Waals surface area contributed by atoms with Crippen molar-refractivity contribution in [3.8, 4) is 0 Å². The lowest BCUT2D eigenvalue weighted by Crippen LogP contribution is -1.94. The predicted molar refractivity (Wildman–Crippen MR) is 47.9 cm³/mol. The molecule has 0 fully saturated rings. The molecule has 10 heavy (non-hydrogen) atoms. The zero-order valence-corrected chi connectivity index (χ0v) is 7.69. The fourth-order valence-electron chi connectivity index (χ4n) is 1.10. The van der Waals surface area contributed by atoms with E-state index in [0.717, 1.165) is 5.92 Å². The summed E-state index contributed by atoms with van der Waals surface area (Å²) < 4.78 is 0. The highest BCUT2D eigenvalue weighted by Crippen LogP contribution is 2.13. The van der Waals surface area contributed by atoms with E-state index >= 15 is 0 Å². The Morgan fingerprint density at radius 3 is 2.40 bits per heavy atom. The van der Waals surface area contributed by atoms with E-state index in [1.54, 1.807) is 0 Å². The lowest BCUT2D eigenvalue weighted by Gasteiger charge is -2.07. The van der Waals surface area contributed by atoms with Crippen molar-refractivity contribution in [2.24, 2.45) is 5.92 Å². The molecule has 0 N–H and O–H groups in total. The fourth-order valence-corrected chi connectivity index (χ4v) is 1.10. The van der Waals surface area contributed by atoms with Crippen LogP contribution in [0.2, 0.25) is 0 Å². The Morgan fingerprint density at radius 1 is 1.20 bits per heavy atom. The van der Waals surface area contributed by atoms with Crippen LogP contribution in [0.15, 0.2) is 0 Å². The molecule has 0 aliphatic heterocycles. The van der Waals surface area contributed by atoms with Crippen molar-refractivity contribution in [3.05, 3.63) is 6.42 Å². The monoisotopic (exact) mass is 141 g/mol. The lowest BCUT2D eigenvalue weighted by atomic mass is 9.98. The first-order valence-corrected chi connectivity index (χ1v) is 4.64. The third kappa shape index (κ3) is 6.12. The summed E-state index contributed by atoms with van der Waals surface area (Å²) >= 11 is 0. The minimum Gasteiger partial charge on any atom is -0.0654 e. The smallest absolute Gasteiger partial charge is 0.0358 e. The normalized spacial score (nSPS) is 10.8. The maximum atomic E-state index is 2.45. The van der Waals surface area contributed by atoms with Gasteiger partial charge in [-0.3, -0.25) is 0 Å². The summed E-state index contributed by atoms with van der Waals surface area (Å²) in [4.78, 5) is 0. The third-order valence-corrected chi connectivity index (χ3v) is 1.87. The van der Waals surface area contributed by atoms with Gasteiger partial charge in [-0.1, -0.05) is 52.9 Å². The van der Waals surface area contributed by atoms with Crippen LogP contribution in [0.5, 0.6) is 0 Å². The van der Waals surface area contributed by atoms with Crippen LogP contribution < -0.4 is 0 Å². The molecular formula is C10H21. The van der Waals surface area contributed by atoms with Crippen LogP contribution in [0, 0.1) is 12.3 Å². The zero-order valence-electron chi connectivity index (χ0n) is 7.69. The molecule has 61 valence electrons. The Kier molecular flexibility index (Phi) is 7.11. The van der Waals surface area contributed by atoms with Gasteiger partial charge in [0.1, 0.15) is 0 Å². The standard InChI is InChI=1S/C10H21/c1-4-6-8-10(3)9-7-5-2/h8,10H,4-7,9H2,1-3H3. The summed E-state index contributed by atoms with van der Waals surface area (Å²) in [6, 6.07) is 0. The molecule has 0 heterocycles. The molecule has 0 aromatic heterocycles. The van der Waals surface area contributed by atoms with Gasteiger partial charge in [0, 0.05) is 0 Å². The molecular weight excluding hydrogens is 120 g/mol. The Labute approximate surface area is 66.0 Å². The summed E-state index contributed by atoms with van der Waals surface area (Å²) in [6.07, 6.45) is 9.17. The molecule has 0 saturated heterocycles. The second-order valence-electron chi connectivity index (χ2n) is 3.14. The van der Waals surface area contributed by atoms with Crippen LogP contribution in [0.25, 0.3) is 0 Å². The molecule has 1 unspecified atom stereocenters. The van der Waals surface area contributed by atoms with Gasteiger partial charge in [-0.15, -0.1) is 0 Å². The van der Waals surface area contributed by atoms with Crippen molar-refractivity contribution in [1.29, 1.82) is 0 Å². The van der Waals surface area contributed by atoms with Gasteiger partial charge in [-0.05, 0) is 12.3 Å². The SMILES string of the molecule is CCC[CH]C(C)CCCC. The first-order chi connectivity index (χ1) is 4.81. The second-order valence-corrected chi connectivity index (χ2v) is 3.14. The molecule has 0 heteroatoms. The van der Waals surface area contributed by atoms with Crippen molar-refractivity contribution >= 4 is 0 Å². The quantitative estimate of drug-likeness (QED) is 0.527. The van der Waals surface area contributed by atoms with Gasteiger partial charge < -0.3 is 0 Å². The van der Waals surface area contributed by atoms with Crippen molar-refractivity contribution < 1.29 is 0 Å². The Bertz CT molecular complexity index is 49.1. The molecule has 0 aliphatic carbocycles. The molecule has 0 bridgehead atoms. The summed E-state index contributed by atoms with van der Waals surface area (Å²) in [5.74, 6) is 0.847. The first-order valence-electron chi connectivity index (χ1n) is 4.64. The molecule has 0 saturated carbocycles. The van der Waals surface area contributed by atoms with Crippen LogP contribution in [0.1, 0.15) is 52.9 Å². The molecule has 0 nitrogen and oxygen atoms in total. The van der Waals surface area contributed by atoms with Crippen molar-refractivity contribution in [2.45, 2.75) is 52.9 Å². The minimum atomic E-state index is 0.847. The number of unbranched alkanes of at least 4 members (excludes halogenated alkanes) is 2. The van der Waals surface area contributed by atoms with Gasteiger partial charge in [0.05, 0.1) is 0 Å². The molecule has 0 rings (SSSR count). The van der Waals surface area contributed by atoms with E-state index in [2.05, 4.69) is 27.2 Å². The van der Waals surface area contributed by atoms with E-state index in [1.165, 1.54) is 32.1 Å². The molecule has 0 aliphatic rings. The van der Waals surface area contributed by atoms with E-state index in [1.807, 2.05) is 0 Å². The van der Waals surface area contributed by atoms with Gasteiger partial charge in [0.15, 0.2) is 0 Å². The van der Waals surface area contributed by atoms with Crippen molar-refractivity contribution in [2.75, 3.05) is 0 Å². The first kappa shape index (κ1) is 10.0. The van der Waals surface area contributed by atoms with Gasteiger partial charge in [0.25, 0.3) is 0 Å². The van der Waals surface area contributed by atoms with Crippen LogP contribution in [0.3, 0.4) is 0 Å². The average Bonchev–Trinajstić information content (AvgIpc) is 1.97. The topological polar surface area (TPSA) is 0 Å². The number of hydrogen-bond acceptors (Lipinski definition) is 0. The van der Waals surface area contributed by atoms with Crippen LogP contribution in [0.4, 0.5) is 0 Å². The van der Waals surface area contributed by atoms with Gasteiger partial charge >= 0.3 is 0 Å². The maximum absolute atomic E-state index is 2.45. The molecule has 1 radical (unpaired) electrons. The average molecular weight is 141 g/mol. The Morgan fingerprint density at radius 2 is 1.90 bits per heavy atom. The maximum Gasteiger partial charge on any atom is -0.0358 e. The zero-order chi connectivity index (χ0) is 7.82. The minimum absolute atomic E-state index is 0.847. The van der Waals surface area contributed by atoms with Crippen molar-refractivity contribution in [3.63, 3.8) is 0 Å². The number of hydrogen-bond donors (Lipinski definition) is 0. The van der Waals surface area contributed by atoms with Crippen molar-refractivity contribution in [1.82, 2.24) is 0 Å². The highest BCUT2D eigenvalue weighted by Gasteiger charge is 1.99. The third-order valence-electron chi connectivity index (χ3n) is 1.87. The molecule has 0 aromatic carbocycles. The Balaban J connectivity index is 3.00. The van der Waals surface area contributed by atoms with Crippen LogP contribution in [-0.4, -0.2) is 0 Å². The van der Waals surface area contributed by atoms with E-state index in [0.29, 0.717) is 0 Å². The summed E-state index contributed by atoms with van der Waals surface area (Å²) in [7, 11) is 0. The molecule has 0 spiro atoms. The molecule has 0 aromatic rings. The van der Waals surface area contributed by atoms with Crippen LogP contribution in [-0.2, 0) is 0 Å². The highest BCUT2D eigenvalue weighted by atomic mass is 14.0. The van der Waals surface area contributed by atoms with E-state index in [-0.39, 0.29) is 0 Å². The summed E-state index contributed by atoms with van der Waals surface area (Å²) in [6.45, 7) is 6.82. The fraction of sp³-hybridized carbons (Fsp3) is 0.900. The number of rotatable bonds is 6. The van der Waals surface area contributed by atoms with E-state index < -0.39 is 0 Å². The van der Waals surface area contributed by atoms with Gasteiger partial charge in [0.2, 0.25) is 0 Å². The van der Waals surface area contributed by atoms with E-state index in [9.17, 15) is 0 Å². The highest BCUT2D eigenvalue weighted by molar-refractivity contribution is 4.71. The predicted octanol–water partition coefficient (Wildman–Crippen LogP) is 3.82. The van der Waals surface area contributed by atoms with Gasteiger partial charge in [-0.2, -0.15) is 0 Å². The molecule has 0 amide bonds.